The molecule has 0 bridgehead atoms. The summed E-state index contributed by atoms with van der Waals surface area (Å²) in [6.45, 7) is 0.117. The number of carbonyl (C=O) groups excluding carboxylic acids is 1. The molecule has 1 rings (SSSR count). The van der Waals surface area contributed by atoms with Crippen molar-refractivity contribution >= 4 is 51.8 Å². The van der Waals surface area contributed by atoms with Crippen LogP contribution in [0, 0.1) is 0 Å². The van der Waals surface area contributed by atoms with Gasteiger partial charge < -0.3 is 10.1 Å². The van der Waals surface area contributed by atoms with Crippen LogP contribution in [-0.2, 0) is 19.6 Å². The highest BCUT2D eigenvalue weighted by Gasteiger charge is 2.22. The molecule has 0 spiro atoms. The Morgan fingerprint density at radius 1 is 1.39 bits per heavy atom. The van der Waals surface area contributed by atoms with Crippen LogP contribution in [0.3, 0.4) is 0 Å². The first-order valence-electron chi connectivity index (χ1n) is 6.51. The molecule has 10 heteroatoms. The Bertz CT molecular complexity index is 655. The number of thiol groups is 1. The molecule has 0 saturated carbocycles. The molecular weight excluding hydrogens is 383 g/mol. The molecule has 0 aliphatic rings. The van der Waals surface area contributed by atoms with Gasteiger partial charge in [0, 0.05) is 35.0 Å². The molecule has 0 fully saturated rings. The topological polar surface area (TPSA) is 84.5 Å². The third kappa shape index (κ3) is 6.86. The van der Waals surface area contributed by atoms with Crippen molar-refractivity contribution in [3.05, 3.63) is 33.8 Å². The van der Waals surface area contributed by atoms with Crippen molar-refractivity contribution in [2.45, 2.75) is 12.1 Å². The van der Waals surface area contributed by atoms with Crippen LogP contribution in [0.5, 0.6) is 0 Å². The normalized spacial score (nSPS) is 14.3. The zero-order chi connectivity index (χ0) is 17.6. The maximum atomic E-state index is 12.0. The number of rotatable bonds is 8. The van der Waals surface area contributed by atoms with Crippen molar-refractivity contribution in [2.75, 3.05) is 25.7 Å². The van der Waals surface area contributed by atoms with Crippen LogP contribution in [0.4, 0.5) is 0 Å². The molecule has 1 aromatic carbocycles. The van der Waals surface area contributed by atoms with E-state index in [1.54, 1.807) is 18.2 Å². The van der Waals surface area contributed by atoms with E-state index in [0.29, 0.717) is 15.6 Å². The maximum Gasteiger partial charge on any atom is 0.239 e. The van der Waals surface area contributed by atoms with Gasteiger partial charge in [0.1, 0.15) is 12.1 Å². The highest BCUT2D eigenvalue weighted by molar-refractivity contribution is 7.88. The number of nitrogens with one attached hydrogen (secondary N) is 2. The number of methoxy groups -OCH3 is 1. The van der Waals surface area contributed by atoms with Crippen LogP contribution in [0.2, 0.25) is 10.0 Å². The van der Waals surface area contributed by atoms with Crippen molar-refractivity contribution < 1.29 is 17.9 Å². The number of carbonyl (C=O) groups is 1. The van der Waals surface area contributed by atoms with Gasteiger partial charge >= 0.3 is 0 Å². The Balaban J connectivity index is 2.75. The molecule has 130 valence electrons. The maximum absolute atomic E-state index is 12.0. The molecule has 0 radical (unpaired) electrons. The lowest BCUT2D eigenvalue weighted by Gasteiger charge is -2.20. The van der Waals surface area contributed by atoms with Crippen LogP contribution in [0.25, 0.3) is 0 Å². The zero-order valence-corrected chi connectivity index (χ0v) is 15.8. The second-order valence-electron chi connectivity index (χ2n) is 4.76. The zero-order valence-electron chi connectivity index (χ0n) is 12.5. The summed E-state index contributed by atoms with van der Waals surface area (Å²) in [6, 6.07) is 3.98. The predicted octanol–water partition coefficient (Wildman–Crippen LogP) is 1.64. The largest absolute Gasteiger partial charge is 0.375 e. The van der Waals surface area contributed by atoms with Crippen molar-refractivity contribution in [3.8, 4) is 0 Å². The second kappa shape index (κ2) is 9.10. The van der Waals surface area contributed by atoms with Gasteiger partial charge in [-0.15, -0.1) is 0 Å². The van der Waals surface area contributed by atoms with E-state index in [4.69, 9.17) is 27.9 Å². The first-order valence-corrected chi connectivity index (χ1v) is 9.79. The highest BCUT2D eigenvalue weighted by atomic mass is 35.5. The lowest BCUT2D eigenvalue weighted by molar-refractivity contribution is -0.122. The summed E-state index contributed by atoms with van der Waals surface area (Å²) in [6.07, 6.45) is 0.477. The van der Waals surface area contributed by atoms with Crippen LogP contribution in [-0.4, -0.2) is 46.0 Å². The van der Waals surface area contributed by atoms with Crippen molar-refractivity contribution in [1.82, 2.24) is 10.0 Å². The van der Waals surface area contributed by atoms with Gasteiger partial charge in [-0.2, -0.15) is 12.6 Å². The van der Waals surface area contributed by atoms with E-state index < -0.39 is 28.1 Å². The average Bonchev–Trinajstić information content (AvgIpc) is 2.45. The number of amides is 1. The standard InChI is InChI=1S/C13H18Cl2N2O4S2/c1-21-12(9-4-3-8(14)5-10(9)15)6-16-13(18)11(7-22)17-23(2,19)20/h3-5,11-12,17,22H,6-7H2,1-2H3,(H,16,18). The number of hydrogen-bond acceptors (Lipinski definition) is 5. The van der Waals surface area contributed by atoms with Gasteiger partial charge in [-0.3, -0.25) is 4.79 Å². The fraction of sp³-hybridized carbons (Fsp3) is 0.462. The summed E-state index contributed by atoms with van der Waals surface area (Å²) >= 11 is 15.9. The van der Waals surface area contributed by atoms with Gasteiger partial charge in [-0.25, -0.2) is 13.1 Å². The monoisotopic (exact) mass is 400 g/mol. The molecule has 0 aromatic heterocycles. The van der Waals surface area contributed by atoms with Gasteiger partial charge in [0.05, 0.1) is 6.26 Å². The fourth-order valence-corrected chi connectivity index (χ4v) is 3.45. The van der Waals surface area contributed by atoms with Gasteiger partial charge in [0.25, 0.3) is 0 Å². The molecule has 1 aromatic rings. The minimum absolute atomic E-state index is 0.0260. The third-order valence-corrected chi connectivity index (χ3v) is 4.55. The molecule has 2 N–H and O–H groups in total. The van der Waals surface area contributed by atoms with Crippen LogP contribution in [0.1, 0.15) is 11.7 Å². The van der Waals surface area contributed by atoms with Crippen molar-refractivity contribution in [2.24, 2.45) is 0 Å². The molecule has 2 atom stereocenters. The molecule has 6 nitrogen and oxygen atoms in total. The number of ether oxygens (including phenoxy) is 1. The molecule has 0 aliphatic carbocycles. The molecule has 0 saturated heterocycles. The molecule has 0 heterocycles. The van der Waals surface area contributed by atoms with E-state index >= 15 is 0 Å². The third-order valence-electron chi connectivity index (χ3n) is 2.91. The van der Waals surface area contributed by atoms with Gasteiger partial charge in [-0.1, -0.05) is 29.3 Å². The summed E-state index contributed by atoms with van der Waals surface area (Å²) in [5.41, 5.74) is 0.664. The fourth-order valence-electron chi connectivity index (χ4n) is 1.83. The number of benzene rings is 1. The Kier molecular flexibility index (Phi) is 8.12. The SMILES string of the molecule is COC(CNC(=O)C(CS)NS(C)(=O)=O)c1ccc(Cl)cc1Cl. The minimum Gasteiger partial charge on any atom is -0.375 e. The van der Waals surface area contributed by atoms with Gasteiger partial charge in [0.15, 0.2) is 0 Å². The van der Waals surface area contributed by atoms with Crippen LogP contribution >= 0.6 is 35.8 Å². The number of hydrogen-bond donors (Lipinski definition) is 3. The van der Waals surface area contributed by atoms with E-state index in [-0.39, 0.29) is 12.3 Å². The lowest BCUT2D eigenvalue weighted by atomic mass is 10.1. The summed E-state index contributed by atoms with van der Waals surface area (Å²) < 4.78 is 30.0. The van der Waals surface area contributed by atoms with E-state index in [1.807, 2.05) is 0 Å². The van der Waals surface area contributed by atoms with E-state index in [2.05, 4.69) is 22.7 Å². The first-order chi connectivity index (χ1) is 10.7. The quantitative estimate of drug-likeness (QED) is 0.579. The van der Waals surface area contributed by atoms with Crippen molar-refractivity contribution in [1.29, 1.82) is 0 Å². The van der Waals surface area contributed by atoms with Gasteiger partial charge in [0.2, 0.25) is 15.9 Å². The molecule has 23 heavy (non-hydrogen) atoms. The summed E-state index contributed by atoms with van der Waals surface area (Å²) in [5.74, 6) is -0.476. The minimum atomic E-state index is -3.51. The highest BCUT2D eigenvalue weighted by Crippen LogP contribution is 2.27. The first kappa shape index (κ1) is 20.5. The Morgan fingerprint density at radius 3 is 2.52 bits per heavy atom. The number of sulfonamides is 1. The molecule has 0 aliphatic heterocycles. The Labute approximate surface area is 151 Å². The van der Waals surface area contributed by atoms with Crippen LogP contribution in [0.15, 0.2) is 18.2 Å². The molecular formula is C13H18Cl2N2O4S2. The average molecular weight is 401 g/mol. The van der Waals surface area contributed by atoms with Crippen LogP contribution < -0.4 is 10.0 Å². The lowest BCUT2D eigenvalue weighted by Crippen LogP contribution is -2.48. The second-order valence-corrected chi connectivity index (χ2v) is 7.75. The smallest absolute Gasteiger partial charge is 0.239 e. The summed E-state index contributed by atoms with van der Waals surface area (Å²) in [7, 11) is -2.04. The van der Waals surface area contributed by atoms with E-state index in [9.17, 15) is 13.2 Å². The van der Waals surface area contributed by atoms with E-state index in [1.165, 1.54) is 7.11 Å². The Hall–Kier alpha value is -0.510. The van der Waals surface area contributed by atoms with Crippen molar-refractivity contribution in [3.63, 3.8) is 0 Å². The molecule has 1 amide bonds. The van der Waals surface area contributed by atoms with E-state index in [0.717, 1.165) is 6.26 Å². The van der Waals surface area contributed by atoms with Gasteiger partial charge in [-0.05, 0) is 12.1 Å². The summed E-state index contributed by atoms with van der Waals surface area (Å²) in [4.78, 5) is 12.0. The Morgan fingerprint density at radius 2 is 2.04 bits per heavy atom. The predicted molar refractivity (Wildman–Crippen MR) is 94.8 cm³/mol. The summed E-state index contributed by atoms with van der Waals surface area (Å²) in [5, 5.41) is 3.52. The number of halogens is 2. The molecule has 2 unspecified atom stereocenters.